The molecule has 0 fully saturated rings. The van der Waals surface area contributed by atoms with Crippen molar-refractivity contribution in [3.8, 4) is 0 Å². The molecule has 2 N–H and O–H groups in total. The Morgan fingerprint density at radius 3 is 2.32 bits per heavy atom. The lowest BCUT2D eigenvalue weighted by Gasteiger charge is -2.12. The van der Waals surface area contributed by atoms with Crippen LogP contribution in [0, 0.1) is 10.1 Å². The Bertz CT molecular complexity index is 1310. The molecule has 0 saturated heterocycles. The van der Waals surface area contributed by atoms with E-state index in [0.29, 0.717) is 20.6 Å². The molecule has 0 spiro atoms. The topological polar surface area (TPSA) is 136 Å². The number of carbonyl (C=O) groups is 2. The number of carbonyl (C=O) groups excluding carboxylic acids is 2. The first-order chi connectivity index (χ1) is 17.2. The minimum absolute atomic E-state index is 0.108. The lowest BCUT2D eigenvalue weighted by molar-refractivity contribution is -0.387. The molecule has 3 rings (SSSR count). The zero-order valence-corrected chi connectivity index (χ0v) is 23.5. The summed E-state index contributed by atoms with van der Waals surface area (Å²) in [6, 6.07) is 10.7. The molecule has 0 aliphatic carbocycles. The Morgan fingerprint density at radius 2 is 1.76 bits per heavy atom. The second kappa shape index (κ2) is 11.8. The number of hydrogen-bond acceptors (Lipinski definition) is 9. The maximum Gasteiger partial charge on any atom is 0.411 e. The molecule has 15 heteroatoms. The summed E-state index contributed by atoms with van der Waals surface area (Å²) in [5, 5.41) is 25.9. The lowest BCUT2D eigenvalue weighted by atomic mass is 9.98. The minimum Gasteiger partial charge on any atom is -0.445 e. The van der Waals surface area contributed by atoms with E-state index in [2.05, 4.69) is 20.8 Å². The van der Waals surface area contributed by atoms with E-state index >= 15 is 0 Å². The van der Waals surface area contributed by atoms with Crippen LogP contribution in [0.4, 0.5) is 21.3 Å². The predicted octanol–water partition coefficient (Wildman–Crippen LogP) is 7.07. The van der Waals surface area contributed by atoms with Gasteiger partial charge in [0.05, 0.1) is 9.82 Å². The summed E-state index contributed by atoms with van der Waals surface area (Å²) >= 11 is 19.0. The van der Waals surface area contributed by atoms with Crippen molar-refractivity contribution < 1.29 is 19.2 Å². The largest absolute Gasteiger partial charge is 0.445 e. The number of halogens is 3. The van der Waals surface area contributed by atoms with Crippen molar-refractivity contribution in [2.75, 3.05) is 17.2 Å². The van der Waals surface area contributed by atoms with Crippen LogP contribution >= 0.6 is 57.9 Å². The van der Waals surface area contributed by atoms with Crippen molar-refractivity contribution >= 4 is 86.4 Å². The molecule has 3 aromatic rings. The summed E-state index contributed by atoms with van der Waals surface area (Å²) in [5.74, 6) is -0.534. The number of alkyl halides is 3. The first kappa shape index (κ1) is 28.9. The van der Waals surface area contributed by atoms with Gasteiger partial charge in [-0.15, -0.1) is 10.2 Å². The van der Waals surface area contributed by atoms with Gasteiger partial charge in [0.2, 0.25) is 8.92 Å². The Balaban J connectivity index is 1.68. The second-order valence-corrected chi connectivity index (χ2v) is 13.1. The Hall–Kier alpha value is -2.64. The van der Waals surface area contributed by atoms with E-state index in [0.717, 1.165) is 16.8 Å². The molecule has 0 unspecified atom stereocenters. The smallest absolute Gasteiger partial charge is 0.411 e. The highest BCUT2D eigenvalue weighted by Gasteiger charge is 2.23. The van der Waals surface area contributed by atoms with Gasteiger partial charge in [-0.3, -0.25) is 25.5 Å². The third kappa shape index (κ3) is 8.71. The van der Waals surface area contributed by atoms with Gasteiger partial charge < -0.3 is 4.74 Å². The number of benzene rings is 2. The fourth-order valence-corrected chi connectivity index (χ4v) is 4.53. The number of hydrogen-bond donors (Lipinski definition) is 2. The van der Waals surface area contributed by atoms with E-state index in [9.17, 15) is 19.7 Å². The number of nitrogens with one attached hydrogen (secondary N) is 2. The summed E-state index contributed by atoms with van der Waals surface area (Å²) in [6.07, 6.45) is -0.806. The molecular weight excluding hydrogens is 585 g/mol. The standard InChI is InChI=1S/C22H20Cl3N5O5S2/c1-21(2,3)18-28-29-19(37-18)27-17(31)12-4-9-16(15(10-12)30(33)34)36-14-7-5-13(6-8-14)26-20(32)35-11-22(23,24)25/h4-10H,11H2,1-3H3,(H,26,32)(H,27,29,31). The molecule has 0 saturated carbocycles. The maximum absolute atomic E-state index is 12.7. The number of amides is 2. The molecule has 0 atom stereocenters. The van der Waals surface area contributed by atoms with Crippen LogP contribution in [-0.4, -0.2) is 37.5 Å². The van der Waals surface area contributed by atoms with Gasteiger partial charge in [0.25, 0.3) is 11.6 Å². The van der Waals surface area contributed by atoms with E-state index in [4.69, 9.17) is 39.5 Å². The van der Waals surface area contributed by atoms with Crippen LogP contribution in [0.25, 0.3) is 0 Å². The van der Waals surface area contributed by atoms with Gasteiger partial charge in [0.15, 0.2) is 0 Å². The Labute approximate surface area is 235 Å². The molecule has 196 valence electrons. The van der Waals surface area contributed by atoms with E-state index in [1.807, 2.05) is 20.8 Å². The molecule has 10 nitrogen and oxygen atoms in total. The number of ether oxygens (including phenoxy) is 1. The van der Waals surface area contributed by atoms with E-state index in [1.54, 1.807) is 24.3 Å². The van der Waals surface area contributed by atoms with Crippen molar-refractivity contribution in [3.63, 3.8) is 0 Å². The molecule has 1 heterocycles. The number of aromatic nitrogens is 2. The second-order valence-electron chi connectivity index (χ2n) is 8.50. The average molecular weight is 605 g/mol. The molecule has 0 aliphatic heterocycles. The normalized spacial score (nSPS) is 11.6. The van der Waals surface area contributed by atoms with Crippen LogP contribution in [-0.2, 0) is 10.2 Å². The molecule has 1 aromatic heterocycles. The molecule has 0 aliphatic rings. The van der Waals surface area contributed by atoms with Crippen molar-refractivity contribution in [2.45, 2.75) is 39.8 Å². The van der Waals surface area contributed by atoms with Crippen molar-refractivity contribution in [3.05, 3.63) is 63.1 Å². The fraction of sp³-hybridized carbons (Fsp3) is 0.273. The molecule has 2 amide bonds. The van der Waals surface area contributed by atoms with Gasteiger partial charge in [0.1, 0.15) is 11.6 Å². The summed E-state index contributed by atoms with van der Waals surface area (Å²) < 4.78 is 3.07. The van der Waals surface area contributed by atoms with E-state index in [-0.39, 0.29) is 16.7 Å². The molecular formula is C22H20Cl3N5O5S2. The van der Waals surface area contributed by atoms with Crippen molar-refractivity contribution in [1.29, 1.82) is 0 Å². The van der Waals surface area contributed by atoms with Gasteiger partial charge in [-0.2, -0.15) is 0 Å². The summed E-state index contributed by atoms with van der Waals surface area (Å²) in [6.45, 7) is 5.51. The quantitative estimate of drug-likeness (QED) is 0.166. The number of nitro groups is 1. The van der Waals surface area contributed by atoms with Crippen molar-refractivity contribution in [1.82, 2.24) is 10.2 Å². The molecule has 37 heavy (non-hydrogen) atoms. The van der Waals surface area contributed by atoms with Gasteiger partial charge in [-0.05, 0) is 36.4 Å². The predicted molar refractivity (Wildman–Crippen MR) is 145 cm³/mol. The number of nitrogens with zero attached hydrogens (tertiary/aromatic N) is 3. The molecule has 0 bridgehead atoms. The van der Waals surface area contributed by atoms with Crippen LogP contribution < -0.4 is 10.6 Å². The number of anilines is 2. The molecule has 2 aromatic carbocycles. The number of nitro benzene ring substituents is 1. The van der Waals surface area contributed by atoms with Crippen LogP contribution in [0.5, 0.6) is 0 Å². The van der Waals surface area contributed by atoms with Gasteiger partial charge in [0, 0.05) is 27.6 Å². The van der Waals surface area contributed by atoms with Crippen LogP contribution in [0.15, 0.2) is 52.3 Å². The first-order valence-electron chi connectivity index (χ1n) is 10.4. The van der Waals surface area contributed by atoms with Gasteiger partial charge in [-0.1, -0.05) is 78.7 Å². The zero-order valence-electron chi connectivity index (χ0n) is 19.6. The third-order valence-corrected chi connectivity index (χ3v) is 7.07. The molecule has 0 radical (unpaired) electrons. The highest BCUT2D eigenvalue weighted by molar-refractivity contribution is 7.99. The highest BCUT2D eigenvalue weighted by Crippen LogP contribution is 2.36. The summed E-state index contributed by atoms with van der Waals surface area (Å²) in [7, 11) is 0. The van der Waals surface area contributed by atoms with E-state index < -0.39 is 27.3 Å². The maximum atomic E-state index is 12.7. The lowest BCUT2D eigenvalue weighted by Crippen LogP contribution is -2.21. The van der Waals surface area contributed by atoms with Crippen molar-refractivity contribution in [2.24, 2.45) is 0 Å². The Morgan fingerprint density at radius 1 is 1.08 bits per heavy atom. The fourth-order valence-electron chi connectivity index (χ4n) is 2.67. The third-order valence-electron chi connectivity index (χ3n) is 4.40. The van der Waals surface area contributed by atoms with Gasteiger partial charge in [-0.25, -0.2) is 4.79 Å². The van der Waals surface area contributed by atoms with Gasteiger partial charge >= 0.3 is 6.09 Å². The van der Waals surface area contributed by atoms with Crippen LogP contribution in [0.1, 0.15) is 36.1 Å². The first-order valence-corrected chi connectivity index (χ1v) is 13.2. The summed E-state index contributed by atoms with van der Waals surface area (Å²) in [4.78, 5) is 36.6. The highest BCUT2D eigenvalue weighted by atomic mass is 35.6. The SMILES string of the molecule is CC(C)(C)c1nnc(NC(=O)c2ccc(Sc3ccc(NC(=O)OCC(Cl)(Cl)Cl)cc3)c([N+](=O)[O-])c2)s1. The van der Waals surface area contributed by atoms with E-state index in [1.165, 1.54) is 29.5 Å². The monoisotopic (exact) mass is 603 g/mol. The minimum atomic E-state index is -1.73. The number of rotatable bonds is 7. The zero-order chi connectivity index (χ0) is 27.4. The Kier molecular flexibility index (Phi) is 9.24. The summed E-state index contributed by atoms with van der Waals surface area (Å²) in [5.41, 5.74) is 0.0625. The van der Waals surface area contributed by atoms with Crippen LogP contribution in [0.2, 0.25) is 0 Å². The average Bonchev–Trinajstić information content (AvgIpc) is 3.28. The van der Waals surface area contributed by atoms with Crippen LogP contribution in [0.3, 0.4) is 0 Å².